The predicted molar refractivity (Wildman–Crippen MR) is 95.6 cm³/mol. The largest absolute Gasteiger partial charge is 0.324 e. The van der Waals surface area contributed by atoms with Crippen molar-refractivity contribution >= 4 is 16.9 Å². The van der Waals surface area contributed by atoms with Gasteiger partial charge in [-0.15, -0.1) is 0 Å². The van der Waals surface area contributed by atoms with Crippen molar-refractivity contribution < 1.29 is 4.79 Å². The van der Waals surface area contributed by atoms with E-state index in [-0.39, 0.29) is 5.91 Å². The molecule has 0 bridgehead atoms. The van der Waals surface area contributed by atoms with E-state index >= 15 is 0 Å². The molecule has 25 heavy (non-hydrogen) atoms. The zero-order valence-corrected chi connectivity index (χ0v) is 14.7. The summed E-state index contributed by atoms with van der Waals surface area (Å²) in [7, 11) is 0. The molecule has 4 rings (SSSR count). The van der Waals surface area contributed by atoms with Gasteiger partial charge >= 0.3 is 0 Å². The molecule has 1 unspecified atom stereocenters. The normalized spacial score (nSPS) is 20.4. The fourth-order valence-electron chi connectivity index (χ4n) is 3.91. The lowest BCUT2D eigenvalue weighted by atomic mass is 10.0. The minimum atomic E-state index is 0.256. The standard InChI is InChI=1S/C20H24N4O/c1-2-3-16-10-20(25)23(12-16)13-24-18-7-6-15(11-21)8-17(18)22-19(24)9-14-4-5-14/h6-8,14,16H,2-5,9-10,12-13H2,1H3. The third-order valence-corrected chi connectivity index (χ3v) is 5.43. The van der Waals surface area contributed by atoms with Crippen molar-refractivity contribution in [3.8, 4) is 6.07 Å². The number of nitrogens with zero attached hydrogens (tertiary/aromatic N) is 4. The number of carbonyl (C=O) groups is 1. The van der Waals surface area contributed by atoms with Gasteiger partial charge in [-0.05, 0) is 49.3 Å². The highest BCUT2D eigenvalue weighted by atomic mass is 16.2. The minimum absolute atomic E-state index is 0.256. The van der Waals surface area contributed by atoms with E-state index in [0.29, 0.717) is 24.6 Å². The van der Waals surface area contributed by atoms with Crippen LogP contribution in [0, 0.1) is 23.2 Å². The van der Waals surface area contributed by atoms with Crippen LogP contribution in [0.2, 0.25) is 0 Å². The van der Waals surface area contributed by atoms with Gasteiger partial charge < -0.3 is 9.47 Å². The first-order valence-electron chi connectivity index (χ1n) is 9.35. The lowest BCUT2D eigenvalue weighted by molar-refractivity contribution is -0.129. The molecule has 0 radical (unpaired) electrons. The van der Waals surface area contributed by atoms with Crippen LogP contribution >= 0.6 is 0 Å². The molecular weight excluding hydrogens is 312 g/mol. The Balaban J connectivity index is 1.65. The van der Waals surface area contributed by atoms with E-state index in [4.69, 9.17) is 10.2 Å². The van der Waals surface area contributed by atoms with Crippen molar-refractivity contribution in [2.45, 2.75) is 52.1 Å². The maximum absolute atomic E-state index is 12.4. The second kappa shape index (κ2) is 6.51. The lowest BCUT2D eigenvalue weighted by Gasteiger charge is -2.19. The Morgan fingerprint density at radius 3 is 2.88 bits per heavy atom. The predicted octanol–water partition coefficient (Wildman–Crippen LogP) is 3.47. The first kappa shape index (κ1) is 16.1. The van der Waals surface area contributed by atoms with Crippen molar-refractivity contribution in [3.05, 3.63) is 29.6 Å². The number of nitriles is 1. The highest BCUT2D eigenvalue weighted by Crippen LogP contribution is 2.34. The summed E-state index contributed by atoms with van der Waals surface area (Å²) in [5, 5.41) is 9.14. The number of hydrogen-bond donors (Lipinski definition) is 0. The van der Waals surface area contributed by atoms with Crippen molar-refractivity contribution in [1.82, 2.24) is 14.5 Å². The van der Waals surface area contributed by atoms with Crippen molar-refractivity contribution in [3.63, 3.8) is 0 Å². The SMILES string of the molecule is CCCC1CC(=O)N(Cn2c(CC3CC3)nc3cc(C#N)ccc32)C1. The monoisotopic (exact) mass is 336 g/mol. The molecule has 1 saturated carbocycles. The molecule has 130 valence electrons. The molecule has 5 heteroatoms. The van der Waals surface area contributed by atoms with Crippen molar-refractivity contribution in [2.75, 3.05) is 6.54 Å². The summed E-state index contributed by atoms with van der Waals surface area (Å²) in [6.07, 6.45) is 6.44. The summed E-state index contributed by atoms with van der Waals surface area (Å²) in [6.45, 7) is 3.62. The molecule has 1 atom stereocenters. The van der Waals surface area contributed by atoms with Crippen LogP contribution in [0.25, 0.3) is 11.0 Å². The number of rotatable bonds is 6. The second-order valence-electron chi connectivity index (χ2n) is 7.54. The van der Waals surface area contributed by atoms with Gasteiger partial charge in [-0.1, -0.05) is 13.3 Å². The number of benzene rings is 1. The van der Waals surface area contributed by atoms with Crippen LogP contribution in [0.3, 0.4) is 0 Å². The Morgan fingerprint density at radius 2 is 2.16 bits per heavy atom. The van der Waals surface area contributed by atoms with Crippen LogP contribution < -0.4 is 0 Å². The van der Waals surface area contributed by atoms with E-state index in [2.05, 4.69) is 17.6 Å². The fraction of sp³-hybridized carbons (Fsp3) is 0.550. The molecular formula is C20H24N4O. The molecule has 2 heterocycles. The molecule has 2 aliphatic rings. The molecule has 1 amide bonds. The number of amides is 1. The van der Waals surface area contributed by atoms with E-state index in [1.54, 1.807) is 0 Å². The van der Waals surface area contributed by atoms with Crippen molar-refractivity contribution in [1.29, 1.82) is 5.26 Å². The number of fused-ring (bicyclic) bond motifs is 1. The number of likely N-dealkylation sites (tertiary alicyclic amines) is 1. The maximum atomic E-state index is 12.4. The van der Waals surface area contributed by atoms with E-state index < -0.39 is 0 Å². The Hall–Kier alpha value is -2.35. The quantitative estimate of drug-likeness (QED) is 0.811. The second-order valence-corrected chi connectivity index (χ2v) is 7.54. The lowest BCUT2D eigenvalue weighted by Crippen LogP contribution is -2.28. The van der Waals surface area contributed by atoms with E-state index in [1.807, 2.05) is 23.1 Å². The molecule has 0 spiro atoms. The van der Waals surface area contributed by atoms with Gasteiger partial charge in [0.2, 0.25) is 5.91 Å². The molecule has 2 fully saturated rings. The Kier molecular flexibility index (Phi) is 4.20. The third-order valence-electron chi connectivity index (χ3n) is 5.43. The van der Waals surface area contributed by atoms with E-state index in [0.717, 1.165) is 48.6 Å². The first-order chi connectivity index (χ1) is 12.2. The number of aromatic nitrogens is 2. The zero-order chi connectivity index (χ0) is 17.4. The van der Waals surface area contributed by atoms with Crippen LogP contribution in [0.4, 0.5) is 0 Å². The minimum Gasteiger partial charge on any atom is -0.324 e. The van der Waals surface area contributed by atoms with Gasteiger partial charge in [0.1, 0.15) is 5.82 Å². The summed E-state index contributed by atoms with van der Waals surface area (Å²) in [6, 6.07) is 7.86. The average Bonchev–Trinajstić information content (AvgIpc) is 3.26. The van der Waals surface area contributed by atoms with Gasteiger partial charge in [-0.3, -0.25) is 4.79 Å². The van der Waals surface area contributed by atoms with Crippen LogP contribution in [0.1, 0.15) is 50.4 Å². The first-order valence-corrected chi connectivity index (χ1v) is 9.35. The zero-order valence-electron chi connectivity index (χ0n) is 14.7. The molecule has 1 aromatic carbocycles. The number of hydrogen-bond acceptors (Lipinski definition) is 3. The molecule has 1 aliphatic carbocycles. The van der Waals surface area contributed by atoms with Gasteiger partial charge in [0.25, 0.3) is 0 Å². The summed E-state index contributed by atoms with van der Waals surface area (Å²) in [5.41, 5.74) is 2.53. The number of imidazole rings is 1. The molecule has 2 aromatic rings. The van der Waals surface area contributed by atoms with Gasteiger partial charge in [0.05, 0.1) is 29.3 Å². The van der Waals surface area contributed by atoms with Gasteiger partial charge in [0, 0.05) is 19.4 Å². The molecule has 1 saturated heterocycles. The molecule has 1 aromatic heterocycles. The van der Waals surface area contributed by atoms with Crippen LogP contribution in [-0.2, 0) is 17.9 Å². The molecule has 1 aliphatic heterocycles. The smallest absolute Gasteiger partial charge is 0.224 e. The Morgan fingerprint density at radius 1 is 1.32 bits per heavy atom. The van der Waals surface area contributed by atoms with E-state index in [9.17, 15) is 4.79 Å². The summed E-state index contributed by atoms with van der Waals surface area (Å²) >= 11 is 0. The highest BCUT2D eigenvalue weighted by Gasteiger charge is 2.31. The fourth-order valence-corrected chi connectivity index (χ4v) is 3.91. The van der Waals surface area contributed by atoms with Crippen LogP contribution in [-0.4, -0.2) is 26.9 Å². The Labute approximate surface area is 148 Å². The van der Waals surface area contributed by atoms with Crippen molar-refractivity contribution in [2.24, 2.45) is 11.8 Å². The average molecular weight is 336 g/mol. The molecule has 0 N–H and O–H groups in total. The molecule has 5 nitrogen and oxygen atoms in total. The van der Waals surface area contributed by atoms with E-state index in [1.165, 1.54) is 12.8 Å². The van der Waals surface area contributed by atoms with Crippen LogP contribution in [0.15, 0.2) is 18.2 Å². The van der Waals surface area contributed by atoms with Gasteiger partial charge in [-0.2, -0.15) is 5.26 Å². The van der Waals surface area contributed by atoms with Crippen LogP contribution in [0.5, 0.6) is 0 Å². The number of carbonyl (C=O) groups excluding carboxylic acids is 1. The van der Waals surface area contributed by atoms with Gasteiger partial charge in [-0.25, -0.2) is 4.98 Å². The summed E-state index contributed by atoms with van der Waals surface area (Å²) in [5.74, 6) is 2.53. The topological polar surface area (TPSA) is 61.9 Å². The third kappa shape index (κ3) is 3.26. The summed E-state index contributed by atoms with van der Waals surface area (Å²) in [4.78, 5) is 19.2. The Bertz CT molecular complexity index is 843. The maximum Gasteiger partial charge on any atom is 0.224 e. The van der Waals surface area contributed by atoms with Gasteiger partial charge in [0.15, 0.2) is 0 Å². The highest BCUT2D eigenvalue weighted by molar-refractivity contribution is 5.80. The summed E-state index contributed by atoms with van der Waals surface area (Å²) < 4.78 is 2.20.